The van der Waals surface area contributed by atoms with E-state index in [0.29, 0.717) is 0 Å². The molecule has 0 amide bonds. The zero-order valence-electron chi connectivity index (χ0n) is 14.4. The van der Waals surface area contributed by atoms with Crippen LogP contribution in [0, 0.1) is 0 Å². The molecule has 0 fully saturated rings. The topological polar surface area (TPSA) is 0 Å². The Bertz CT molecular complexity index is 173. The summed E-state index contributed by atoms with van der Waals surface area (Å²) in [6.07, 6.45) is 21.0. The molecule has 19 heavy (non-hydrogen) atoms. The first-order chi connectivity index (χ1) is 9.24. The first-order valence-corrected chi connectivity index (χ1v) is 12.1. The fourth-order valence-corrected chi connectivity index (χ4v) is 7.45. The van der Waals surface area contributed by atoms with Crippen molar-refractivity contribution < 1.29 is 0 Å². The zero-order valence-corrected chi connectivity index (χ0v) is 15.4. The number of hydrogen-bond acceptors (Lipinski definition) is 0. The van der Waals surface area contributed by atoms with Crippen LogP contribution >= 0.6 is 7.26 Å². The molecule has 0 rings (SSSR count). The predicted octanol–water partition coefficient (Wildman–Crippen LogP) is 6.72. The summed E-state index contributed by atoms with van der Waals surface area (Å²) in [7, 11) is -0.862. The number of unbranched alkanes of at least 4 members (excludes halogenated alkanes) is 8. The SMILES string of the molecule is CCCCCCCC[PH](CC)(CC)CCCCCC. The predicted molar refractivity (Wildman–Crippen MR) is 96.6 cm³/mol. The molecule has 0 atom stereocenters. The van der Waals surface area contributed by atoms with Gasteiger partial charge in [-0.1, -0.05) is 0 Å². The number of hydrogen-bond donors (Lipinski definition) is 0. The van der Waals surface area contributed by atoms with Crippen LogP contribution in [-0.2, 0) is 0 Å². The van der Waals surface area contributed by atoms with Crippen molar-refractivity contribution in [2.75, 3.05) is 24.6 Å². The zero-order chi connectivity index (χ0) is 14.4. The molecule has 0 aliphatic heterocycles. The molecule has 0 aliphatic carbocycles. The van der Waals surface area contributed by atoms with E-state index in [4.69, 9.17) is 0 Å². The minimum absolute atomic E-state index is 0.862. The van der Waals surface area contributed by atoms with E-state index in [0.717, 1.165) is 0 Å². The summed E-state index contributed by atoms with van der Waals surface area (Å²) in [6, 6.07) is 0. The molecular weight excluding hydrogens is 247 g/mol. The van der Waals surface area contributed by atoms with Crippen LogP contribution in [0.5, 0.6) is 0 Å². The molecule has 1 heteroatoms. The van der Waals surface area contributed by atoms with Crippen LogP contribution in [0.2, 0.25) is 0 Å². The van der Waals surface area contributed by atoms with Gasteiger partial charge < -0.3 is 0 Å². The van der Waals surface area contributed by atoms with Crippen LogP contribution in [0.15, 0.2) is 0 Å². The van der Waals surface area contributed by atoms with E-state index in [9.17, 15) is 0 Å². The van der Waals surface area contributed by atoms with E-state index in [1.165, 1.54) is 76.5 Å². The standard InChI is InChI=1S/C18H41P/c1-5-9-11-13-14-16-18-19(7-3,8-4)17-15-12-10-6-2/h19H,5-18H2,1-4H3. The van der Waals surface area contributed by atoms with Crippen molar-refractivity contribution in [2.24, 2.45) is 0 Å². The quantitative estimate of drug-likeness (QED) is 0.246. The molecule has 0 saturated carbocycles. The molecule has 0 spiro atoms. The van der Waals surface area contributed by atoms with Gasteiger partial charge in [0, 0.05) is 0 Å². The summed E-state index contributed by atoms with van der Waals surface area (Å²) in [5, 5.41) is 0. The first-order valence-electron chi connectivity index (χ1n) is 9.24. The molecule has 0 saturated heterocycles. The van der Waals surface area contributed by atoms with Crippen LogP contribution in [0.25, 0.3) is 0 Å². The average molecular weight is 289 g/mol. The van der Waals surface area contributed by atoms with E-state index >= 15 is 0 Å². The minimum atomic E-state index is -0.862. The Labute approximate surface area is 124 Å². The van der Waals surface area contributed by atoms with Gasteiger partial charge >= 0.3 is 124 Å². The second-order valence-electron chi connectivity index (χ2n) is 6.54. The molecule has 118 valence electrons. The molecule has 0 radical (unpaired) electrons. The van der Waals surface area contributed by atoms with E-state index in [1.54, 1.807) is 12.3 Å². The molecule has 0 aromatic rings. The summed E-state index contributed by atoms with van der Waals surface area (Å²) in [6.45, 7) is 9.59. The fraction of sp³-hybridized carbons (Fsp3) is 1.00. The summed E-state index contributed by atoms with van der Waals surface area (Å²) in [5.74, 6) is 0. The van der Waals surface area contributed by atoms with Crippen molar-refractivity contribution in [3.8, 4) is 0 Å². The molecule has 0 aliphatic rings. The second-order valence-corrected chi connectivity index (χ2v) is 11.9. The van der Waals surface area contributed by atoms with Crippen LogP contribution in [-0.4, -0.2) is 24.6 Å². The summed E-state index contributed by atoms with van der Waals surface area (Å²) < 4.78 is 0. The van der Waals surface area contributed by atoms with Crippen LogP contribution in [0.3, 0.4) is 0 Å². The second kappa shape index (κ2) is 13.4. The molecule has 0 nitrogen and oxygen atoms in total. The third-order valence-corrected chi connectivity index (χ3v) is 10.9. The van der Waals surface area contributed by atoms with Crippen molar-refractivity contribution in [3.63, 3.8) is 0 Å². The van der Waals surface area contributed by atoms with Gasteiger partial charge in [-0.25, -0.2) is 0 Å². The van der Waals surface area contributed by atoms with Crippen molar-refractivity contribution in [3.05, 3.63) is 0 Å². The van der Waals surface area contributed by atoms with Gasteiger partial charge in [-0.15, -0.1) is 0 Å². The van der Waals surface area contributed by atoms with Crippen molar-refractivity contribution in [2.45, 2.75) is 91.9 Å². The third-order valence-electron chi connectivity index (χ3n) is 5.12. The first kappa shape index (κ1) is 19.4. The van der Waals surface area contributed by atoms with Crippen molar-refractivity contribution >= 4 is 7.26 Å². The molecular formula is C18H41P. The summed E-state index contributed by atoms with van der Waals surface area (Å²) in [5.41, 5.74) is 0. The Morgan fingerprint density at radius 1 is 0.474 bits per heavy atom. The maximum absolute atomic E-state index is 2.48. The van der Waals surface area contributed by atoms with Gasteiger partial charge in [0.25, 0.3) is 0 Å². The van der Waals surface area contributed by atoms with Crippen molar-refractivity contribution in [1.82, 2.24) is 0 Å². The van der Waals surface area contributed by atoms with Gasteiger partial charge in [-0.3, -0.25) is 0 Å². The van der Waals surface area contributed by atoms with Gasteiger partial charge in [0.2, 0.25) is 0 Å². The van der Waals surface area contributed by atoms with E-state index in [1.807, 2.05) is 0 Å². The van der Waals surface area contributed by atoms with Crippen LogP contribution < -0.4 is 0 Å². The summed E-state index contributed by atoms with van der Waals surface area (Å²) in [4.78, 5) is 0. The fourth-order valence-electron chi connectivity index (χ4n) is 3.29. The van der Waals surface area contributed by atoms with Crippen LogP contribution in [0.1, 0.15) is 91.9 Å². The molecule has 0 bridgehead atoms. The van der Waals surface area contributed by atoms with E-state index in [-0.39, 0.29) is 0 Å². The van der Waals surface area contributed by atoms with Gasteiger partial charge in [0.15, 0.2) is 0 Å². The van der Waals surface area contributed by atoms with Gasteiger partial charge in [-0.05, 0) is 0 Å². The Kier molecular flexibility index (Phi) is 13.7. The molecule has 0 unspecified atom stereocenters. The molecule has 0 aromatic heterocycles. The summed E-state index contributed by atoms with van der Waals surface area (Å²) >= 11 is 0. The van der Waals surface area contributed by atoms with E-state index < -0.39 is 7.26 Å². The molecule has 0 heterocycles. The Morgan fingerprint density at radius 3 is 1.26 bits per heavy atom. The Balaban J connectivity index is 3.81. The average Bonchev–Trinajstić information content (AvgIpc) is 2.45. The third kappa shape index (κ3) is 9.89. The molecule has 0 aromatic carbocycles. The normalized spacial score (nSPS) is 12.8. The van der Waals surface area contributed by atoms with Crippen LogP contribution in [0.4, 0.5) is 0 Å². The Morgan fingerprint density at radius 2 is 0.842 bits per heavy atom. The van der Waals surface area contributed by atoms with Crippen molar-refractivity contribution in [1.29, 1.82) is 0 Å². The Hall–Kier alpha value is 0.430. The van der Waals surface area contributed by atoms with Gasteiger partial charge in [-0.2, -0.15) is 0 Å². The maximum atomic E-state index is 2.48. The van der Waals surface area contributed by atoms with E-state index in [2.05, 4.69) is 27.7 Å². The van der Waals surface area contributed by atoms with Gasteiger partial charge in [0.1, 0.15) is 0 Å². The monoisotopic (exact) mass is 288 g/mol. The van der Waals surface area contributed by atoms with Gasteiger partial charge in [0.05, 0.1) is 0 Å². The molecule has 0 N–H and O–H groups in total. The number of rotatable bonds is 14.